The Labute approximate surface area is 54.5 Å². The molecule has 0 heterocycles. The van der Waals surface area contributed by atoms with Crippen molar-refractivity contribution in [3.63, 3.8) is 0 Å². The van der Waals surface area contributed by atoms with Gasteiger partial charge in [-0.05, 0) is 0 Å². The first kappa shape index (κ1) is 8.62. The summed E-state index contributed by atoms with van der Waals surface area (Å²) in [6.45, 7) is 0. The third kappa shape index (κ3) is 1.85. The Morgan fingerprint density at radius 1 is 1.10 bits per heavy atom. The van der Waals surface area contributed by atoms with Crippen LogP contribution < -0.4 is 11.0 Å². The van der Waals surface area contributed by atoms with Gasteiger partial charge in [0, 0.05) is 0 Å². The van der Waals surface area contributed by atoms with E-state index >= 15 is 0 Å². The number of rotatable bonds is 0. The molecule has 0 fully saturated rings. The van der Waals surface area contributed by atoms with Gasteiger partial charge >= 0.3 is 12.1 Å². The number of amides is 4. The summed E-state index contributed by atoms with van der Waals surface area (Å²) in [7, 11) is 0. The van der Waals surface area contributed by atoms with E-state index in [0.717, 1.165) is 11.0 Å². The van der Waals surface area contributed by atoms with Crippen molar-refractivity contribution in [3.05, 3.63) is 0 Å². The molecule has 0 bridgehead atoms. The summed E-state index contributed by atoms with van der Waals surface area (Å²) < 4.78 is 0. The monoisotopic (exact) mass is 151 g/mol. The van der Waals surface area contributed by atoms with Gasteiger partial charge in [0.1, 0.15) is 0 Å². The van der Waals surface area contributed by atoms with E-state index in [1.54, 1.807) is 0 Å². The third-order valence-corrected chi connectivity index (χ3v) is 0.576. The fourth-order valence-corrected chi connectivity index (χ4v) is 0.187. The SMILES string of the molecule is O=C(NO)N(O)C(=O)NO. The molecule has 0 saturated heterocycles. The van der Waals surface area contributed by atoms with E-state index in [2.05, 4.69) is 0 Å². The molecule has 0 aromatic carbocycles. The second kappa shape index (κ2) is 3.61. The number of carbonyl (C=O) groups excluding carboxylic acids is 2. The predicted molar refractivity (Wildman–Crippen MR) is 24.3 cm³/mol. The predicted octanol–water partition coefficient (Wildman–Crippen LogP) is -1.12. The molecule has 0 aliphatic carbocycles. The molecular formula is C2H5N3O5. The highest BCUT2D eigenvalue weighted by molar-refractivity contribution is 5.90. The van der Waals surface area contributed by atoms with Crippen LogP contribution in [0.25, 0.3) is 0 Å². The molecule has 0 aromatic rings. The third-order valence-electron chi connectivity index (χ3n) is 0.576. The molecule has 0 aliphatic heterocycles. The van der Waals surface area contributed by atoms with Crippen molar-refractivity contribution >= 4 is 12.1 Å². The molecular weight excluding hydrogens is 146 g/mol. The van der Waals surface area contributed by atoms with Crippen LogP contribution >= 0.6 is 0 Å². The van der Waals surface area contributed by atoms with E-state index in [4.69, 9.17) is 15.6 Å². The highest BCUT2D eigenvalue weighted by atomic mass is 16.6. The lowest BCUT2D eigenvalue weighted by Crippen LogP contribution is -2.44. The van der Waals surface area contributed by atoms with E-state index in [1.165, 1.54) is 0 Å². The van der Waals surface area contributed by atoms with Crippen LogP contribution in [0.4, 0.5) is 9.59 Å². The average molecular weight is 151 g/mol. The first-order valence-electron chi connectivity index (χ1n) is 2.00. The standard InChI is InChI=1S/C2H5N3O5/c6-1(3-8)5(10)2(7)4-9/h8-10H,(H,3,6)(H,4,7). The highest BCUT2D eigenvalue weighted by Crippen LogP contribution is 1.81. The quantitative estimate of drug-likeness (QED) is 0.221. The van der Waals surface area contributed by atoms with Gasteiger partial charge in [0.15, 0.2) is 0 Å². The summed E-state index contributed by atoms with van der Waals surface area (Å²) in [5.41, 5.74) is 1.89. The second-order valence-electron chi connectivity index (χ2n) is 1.15. The van der Waals surface area contributed by atoms with Gasteiger partial charge < -0.3 is 0 Å². The molecule has 0 unspecified atom stereocenters. The Balaban J connectivity index is 3.94. The summed E-state index contributed by atoms with van der Waals surface area (Å²) in [6, 6.07) is -2.96. The molecule has 0 saturated carbocycles. The molecule has 58 valence electrons. The number of nitrogens with one attached hydrogen (secondary N) is 2. The van der Waals surface area contributed by atoms with Crippen LogP contribution in [0.15, 0.2) is 0 Å². The Morgan fingerprint density at radius 2 is 1.40 bits per heavy atom. The van der Waals surface area contributed by atoms with E-state index in [-0.39, 0.29) is 0 Å². The lowest BCUT2D eigenvalue weighted by molar-refractivity contribution is -0.0290. The molecule has 0 rings (SSSR count). The van der Waals surface area contributed by atoms with Crippen LogP contribution in [-0.2, 0) is 0 Å². The number of imide groups is 1. The van der Waals surface area contributed by atoms with E-state index in [9.17, 15) is 9.59 Å². The zero-order valence-corrected chi connectivity index (χ0v) is 4.61. The largest absolute Gasteiger partial charge is 0.373 e. The van der Waals surface area contributed by atoms with Crippen LogP contribution in [0.3, 0.4) is 0 Å². The molecule has 10 heavy (non-hydrogen) atoms. The Morgan fingerprint density at radius 3 is 1.60 bits per heavy atom. The van der Waals surface area contributed by atoms with Crippen molar-refractivity contribution < 1.29 is 25.2 Å². The number of hydrogen-bond acceptors (Lipinski definition) is 5. The van der Waals surface area contributed by atoms with E-state index in [0.29, 0.717) is 0 Å². The van der Waals surface area contributed by atoms with Crippen LogP contribution in [0.5, 0.6) is 0 Å². The first-order valence-corrected chi connectivity index (χ1v) is 2.00. The minimum Gasteiger partial charge on any atom is -0.287 e. The molecule has 8 nitrogen and oxygen atoms in total. The van der Waals surface area contributed by atoms with Crippen molar-refractivity contribution in [2.45, 2.75) is 0 Å². The summed E-state index contributed by atoms with van der Waals surface area (Å²) >= 11 is 0. The minimum atomic E-state index is -1.48. The summed E-state index contributed by atoms with van der Waals surface area (Å²) in [4.78, 5) is 20.1. The molecule has 0 radical (unpaired) electrons. The average Bonchev–Trinajstić information content (AvgIpc) is 2.00. The molecule has 0 spiro atoms. The Kier molecular flexibility index (Phi) is 3.11. The topological polar surface area (TPSA) is 122 Å². The lowest BCUT2D eigenvalue weighted by atomic mass is 10.9. The van der Waals surface area contributed by atoms with Gasteiger partial charge in [-0.2, -0.15) is 0 Å². The summed E-state index contributed by atoms with van der Waals surface area (Å²) in [5.74, 6) is 0. The number of hydroxylamine groups is 4. The van der Waals surface area contributed by atoms with Crippen molar-refractivity contribution in [3.8, 4) is 0 Å². The van der Waals surface area contributed by atoms with E-state index in [1.807, 2.05) is 0 Å². The maximum absolute atomic E-state index is 10.1. The fourth-order valence-electron chi connectivity index (χ4n) is 0.187. The summed E-state index contributed by atoms with van der Waals surface area (Å²) in [6.07, 6.45) is 0. The van der Waals surface area contributed by atoms with E-state index < -0.39 is 17.1 Å². The molecule has 0 atom stereocenters. The normalized spacial score (nSPS) is 8.30. The van der Waals surface area contributed by atoms with Gasteiger partial charge in [0.05, 0.1) is 0 Å². The van der Waals surface area contributed by atoms with Crippen molar-refractivity contribution in [2.75, 3.05) is 0 Å². The van der Waals surface area contributed by atoms with Gasteiger partial charge in [0.2, 0.25) is 0 Å². The number of carbonyl (C=O) groups is 2. The zero-order chi connectivity index (χ0) is 8.15. The van der Waals surface area contributed by atoms with Crippen LogP contribution in [0.1, 0.15) is 0 Å². The highest BCUT2D eigenvalue weighted by Gasteiger charge is 2.17. The van der Waals surface area contributed by atoms with Gasteiger partial charge in [-0.15, -0.1) is 5.06 Å². The Hall–Kier alpha value is -1.38. The minimum absolute atomic E-state index is 0.556. The van der Waals surface area contributed by atoms with Crippen LogP contribution in [-0.4, -0.2) is 32.7 Å². The Bertz CT molecular complexity index is 130. The van der Waals surface area contributed by atoms with Gasteiger partial charge in [0.25, 0.3) is 0 Å². The van der Waals surface area contributed by atoms with Gasteiger partial charge in [-0.1, -0.05) is 0 Å². The van der Waals surface area contributed by atoms with Crippen molar-refractivity contribution in [1.82, 2.24) is 16.0 Å². The number of urea groups is 2. The molecule has 0 aliphatic rings. The second-order valence-corrected chi connectivity index (χ2v) is 1.15. The van der Waals surface area contributed by atoms with Crippen molar-refractivity contribution in [1.29, 1.82) is 0 Å². The fraction of sp³-hybridized carbons (Fsp3) is 0. The number of nitrogens with zero attached hydrogens (tertiary/aromatic N) is 1. The maximum Gasteiger partial charge on any atom is 0.373 e. The first-order chi connectivity index (χ1) is 4.63. The lowest BCUT2D eigenvalue weighted by Gasteiger charge is -2.08. The van der Waals surface area contributed by atoms with Gasteiger partial charge in [-0.3, -0.25) is 15.6 Å². The molecule has 8 heteroatoms. The summed E-state index contributed by atoms with van der Waals surface area (Å²) in [5, 5.41) is 23.3. The molecule has 0 aromatic heterocycles. The smallest absolute Gasteiger partial charge is 0.287 e. The van der Waals surface area contributed by atoms with Crippen LogP contribution in [0, 0.1) is 0 Å². The number of hydrogen-bond donors (Lipinski definition) is 5. The molecule has 5 N–H and O–H groups in total. The zero-order valence-electron chi connectivity index (χ0n) is 4.61. The van der Waals surface area contributed by atoms with Gasteiger partial charge in [-0.25, -0.2) is 20.5 Å². The van der Waals surface area contributed by atoms with Crippen LogP contribution in [0.2, 0.25) is 0 Å². The molecule has 4 amide bonds. The van der Waals surface area contributed by atoms with Crippen molar-refractivity contribution in [2.24, 2.45) is 0 Å². The maximum atomic E-state index is 10.1.